The van der Waals surface area contributed by atoms with Crippen molar-refractivity contribution in [2.45, 2.75) is 33.6 Å². The molecule has 1 heterocycles. The van der Waals surface area contributed by atoms with E-state index in [0.717, 1.165) is 32.5 Å². The molecule has 17 heavy (non-hydrogen) atoms. The maximum absolute atomic E-state index is 11.7. The highest BCUT2D eigenvalue weighted by Crippen LogP contribution is 2.20. The molecule has 0 bridgehead atoms. The summed E-state index contributed by atoms with van der Waals surface area (Å²) in [4.78, 5) is 2.43. The number of piperidine rings is 1. The third kappa shape index (κ3) is 4.23. The van der Waals surface area contributed by atoms with E-state index in [9.17, 15) is 8.42 Å². The lowest BCUT2D eigenvalue weighted by molar-refractivity contribution is 0.193. The van der Waals surface area contributed by atoms with Crippen molar-refractivity contribution in [2.75, 3.05) is 38.5 Å². The molecule has 0 aliphatic carbocycles. The van der Waals surface area contributed by atoms with Crippen molar-refractivity contribution < 1.29 is 8.42 Å². The van der Waals surface area contributed by atoms with Gasteiger partial charge >= 0.3 is 0 Å². The summed E-state index contributed by atoms with van der Waals surface area (Å²) >= 11 is 0. The standard InChI is InChI=1S/C12H26N2O2S/c1-4-13(5-2)11-12-7-9-14(10-8-12)17(15,16)6-3/h12H,4-11H2,1-3H3. The average Bonchev–Trinajstić information content (AvgIpc) is 2.36. The van der Waals surface area contributed by atoms with E-state index in [4.69, 9.17) is 0 Å². The lowest BCUT2D eigenvalue weighted by atomic mass is 9.97. The van der Waals surface area contributed by atoms with Crippen LogP contribution < -0.4 is 0 Å². The van der Waals surface area contributed by atoms with E-state index < -0.39 is 10.0 Å². The Morgan fingerprint density at radius 3 is 2.06 bits per heavy atom. The first kappa shape index (κ1) is 14.9. The Morgan fingerprint density at radius 1 is 1.12 bits per heavy atom. The number of hydrogen-bond donors (Lipinski definition) is 0. The van der Waals surface area contributed by atoms with E-state index in [1.54, 1.807) is 11.2 Å². The van der Waals surface area contributed by atoms with Crippen molar-refractivity contribution in [3.63, 3.8) is 0 Å². The maximum atomic E-state index is 11.7. The SMILES string of the molecule is CCN(CC)CC1CCN(S(=O)(=O)CC)CC1. The fraction of sp³-hybridized carbons (Fsp3) is 1.00. The van der Waals surface area contributed by atoms with Crippen molar-refractivity contribution in [3.05, 3.63) is 0 Å². The first-order valence-electron chi connectivity index (χ1n) is 6.73. The Labute approximate surface area is 106 Å². The summed E-state index contributed by atoms with van der Waals surface area (Å²) in [5, 5.41) is 0. The van der Waals surface area contributed by atoms with Crippen molar-refractivity contribution >= 4 is 10.0 Å². The van der Waals surface area contributed by atoms with Gasteiger partial charge in [-0.3, -0.25) is 0 Å². The number of sulfonamides is 1. The van der Waals surface area contributed by atoms with Crippen LogP contribution in [-0.2, 0) is 10.0 Å². The molecule has 4 nitrogen and oxygen atoms in total. The molecule has 1 rings (SSSR count). The Morgan fingerprint density at radius 2 is 1.65 bits per heavy atom. The van der Waals surface area contributed by atoms with Crippen LogP contribution in [0.3, 0.4) is 0 Å². The quantitative estimate of drug-likeness (QED) is 0.726. The Bertz CT molecular complexity index is 304. The molecule has 0 aromatic rings. The normalized spacial score (nSPS) is 20.0. The maximum Gasteiger partial charge on any atom is 0.213 e. The zero-order valence-electron chi connectivity index (χ0n) is 11.4. The minimum Gasteiger partial charge on any atom is -0.304 e. The van der Waals surface area contributed by atoms with Gasteiger partial charge in [-0.15, -0.1) is 0 Å². The second-order valence-corrected chi connectivity index (χ2v) is 6.99. The lowest BCUT2D eigenvalue weighted by Gasteiger charge is -2.33. The molecule has 0 spiro atoms. The van der Waals surface area contributed by atoms with Crippen molar-refractivity contribution in [1.29, 1.82) is 0 Å². The van der Waals surface area contributed by atoms with Crippen molar-refractivity contribution in [2.24, 2.45) is 5.92 Å². The second kappa shape index (κ2) is 6.71. The van der Waals surface area contributed by atoms with E-state index in [-0.39, 0.29) is 5.75 Å². The molecule has 0 unspecified atom stereocenters. The van der Waals surface area contributed by atoms with Crippen LogP contribution in [0, 0.1) is 5.92 Å². The summed E-state index contributed by atoms with van der Waals surface area (Å²) in [5.74, 6) is 0.895. The molecule has 0 atom stereocenters. The van der Waals surface area contributed by atoms with Gasteiger partial charge in [0.15, 0.2) is 0 Å². The van der Waals surface area contributed by atoms with Crippen LogP contribution in [0.25, 0.3) is 0 Å². The fourth-order valence-corrected chi connectivity index (χ4v) is 3.53. The van der Waals surface area contributed by atoms with E-state index in [0.29, 0.717) is 19.0 Å². The van der Waals surface area contributed by atoms with Gasteiger partial charge in [0.05, 0.1) is 5.75 Å². The van der Waals surface area contributed by atoms with Gasteiger partial charge in [-0.1, -0.05) is 13.8 Å². The van der Waals surface area contributed by atoms with E-state index in [1.807, 2.05) is 0 Å². The number of hydrogen-bond acceptors (Lipinski definition) is 3. The lowest BCUT2D eigenvalue weighted by Crippen LogP contribution is -2.42. The predicted octanol–water partition coefficient (Wildman–Crippen LogP) is 1.39. The fourth-order valence-electron chi connectivity index (χ4n) is 2.40. The van der Waals surface area contributed by atoms with Crippen LogP contribution in [-0.4, -0.2) is 56.1 Å². The molecule has 0 N–H and O–H groups in total. The summed E-state index contributed by atoms with van der Waals surface area (Å²) in [6.45, 7) is 10.8. The summed E-state index contributed by atoms with van der Waals surface area (Å²) in [7, 11) is -2.96. The van der Waals surface area contributed by atoms with E-state index in [1.165, 1.54) is 0 Å². The third-order valence-electron chi connectivity index (χ3n) is 3.74. The second-order valence-electron chi connectivity index (χ2n) is 4.73. The summed E-state index contributed by atoms with van der Waals surface area (Å²) < 4.78 is 25.1. The highest BCUT2D eigenvalue weighted by Gasteiger charge is 2.27. The van der Waals surface area contributed by atoms with Crippen LogP contribution in [0.15, 0.2) is 0 Å². The highest BCUT2D eigenvalue weighted by molar-refractivity contribution is 7.89. The number of rotatable bonds is 6. The third-order valence-corrected chi connectivity index (χ3v) is 5.62. The van der Waals surface area contributed by atoms with Crippen LogP contribution in [0.5, 0.6) is 0 Å². The molecule has 5 heteroatoms. The molecule has 0 aromatic heterocycles. The summed E-state index contributed by atoms with van der Waals surface area (Å²) in [6, 6.07) is 0. The minimum absolute atomic E-state index is 0.230. The zero-order chi connectivity index (χ0) is 12.9. The molecule has 102 valence electrons. The zero-order valence-corrected chi connectivity index (χ0v) is 12.2. The molecule has 1 aliphatic heterocycles. The van der Waals surface area contributed by atoms with Gasteiger partial charge in [0.2, 0.25) is 10.0 Å². The van der Waals surface area contributed by atoms with E-state index >= 15 is 0 Å². The van der Waals surface area contributed by atoms with E-state index in [2.05, 4.69) is 18.7 Å². The first-order chi connectivity index (χ1) is 8.03. The van der Waals surface area contributed by atoms with Crippen LogP contribution in [0.1, 0.15) is 33.6 Å². The molecular weight excluding hydrogens is 236 g/mol. The monoisotopic (exact) mass is 262 g/mol. The van der Waals surface area contributed by atoms with Gasteiger partial charge in [-0.05, 0) is 38.8 Å². The van der Waals surface area contributed by atoms with Crippen molar-refractivity contribution in [1.82, 2.24) is 9.21 Å². The summed E-state index contributed by atoms with van der Waals surface area (Å²) in [5.41, 5.74) is 0. The molecule has 0 radical (unpaired) electrons. The molecular formula is C12H26N2O2S. The van der Waals surface area contributed by atoms with Gasteiger partial charge in [0.1, 0.15) is 0 Å². The smallest absolute Gasteiger partial charge is 0.213 e. The molecule has 1 fully saturated rings. The van der Waals surface area contributed by atoms with Crippen LogP contribution in [0.4, 0.5) is 0 Å². The molecule has 1 aliphatic rings. The van der Waals surface area contributed by atoms with Gasteiger partial charge in [-0.2, -0.15) is 0 Å². The number of nitrogens with zero attached hydrogens (tertiary/aromatic N) is 2. The highest BCUT2D eigenvalue weighted by atomic mass is 32.2. The topological polar surface area (TPSA) is 40.6 Å². The van der Waals surface area contributed by atoms with Gasteiger partial charge in [-0.25, -0.2) is 12.7 Å². The minimum atomic E-state index is -2.96. The molecule has 0 saturated carbocycles. The molecule has 0 aromatic carbocycles. The van der Waals surface area contributed by atoms with Crippen LogP contribution >= 0.6 is 0 Å². The van der Waals surface area contributed by atoms with Crippen LogP contribution in [0.2, 0.25) is 0 Å². The van der Waals surface area contributed by atoms with Crippen molar-refractivity contribution in [3.8, 4) is 0 Å². The van der Waals surface area contributed by atoms with Gasteiger partial charge < -0.3 is 4.90 Å². The Balaban J connectivity index is 2.41. The Kier molecular flexibility index (Phi) is 5.89. The molecule has 1 saturated heterocycles. The summed E-state index contributed by atoms with van der Waals surface area (Å²) in [6.07, 6.45) is 2.02. The first-order valence-corrected chi connectivity index (χ1v) is 8.34. The Hall–Kier alpha value is -0.130. The van der Waals surface area contributed by atoms with Gasteiger partial charge in [0.25, 0.3) is 0 Å². The molecule has 0 amide bonds. The van der Waals surface area contributed by atoms with Gasteiger partial charge in [0, 0.05) is 19.6 Å². The predicted molar refractivity (Wildman–Crippen MR) is 71.5 cm³/mol. The average molecular weight is 262 g/mol. The largest absolute Gasteiger partial charge is 0.304 e.